The summed E-state index contributed by atoms with van der Waals surface area (Å²) in [5.74, 6) is 0. The summed E-state index contributed by atoms with van der Waals surface area (Å²) in [6.45, 7) is 0. The van der Waals surface area contributed by atoms with Gasteiger partial charge in [-0.05, 0) is 6.16 Å². The minimum Gasteiger partial charge on any atom is -0.870 e. The zero-order valence-corrected chi connectivity index (χ0v) is 13.0. The molecule has 0 aliphatic heterocycles. The molecule has 0 aromatic carbocycles. The third-order valence-electron chi connectivity index (χ3n) is 0. The van der Waals surface area contributed by atoms with Gasteiger partial charge in [-0.1, -0.05) is 0 Å². The van der Waals surface area contributed by atoms with Crippen LogP contribution in [0.2, 0.25) is 0 Å². The van der Waals surface area contributed by atoms with Crippen molar-refractivity contribution in [2.24, 2.45) is 0 Å². The molecule has 0 amide bonds. The van der Waals surface area contributed by atoms with Crippen molar-refractivity contribution in [3.8, 4) is 0 Å². The summed E-state index contributed by atoms with van der Waals surface area (Å²) in [7, 11) is 0. The largest absolute Gasteiger partial charge is 3.00 e. The first-order valence-corrected chi connectivity index (χ1v) is 0.612. The molecule has 0 spiro atoms. The Morgan fingerprint density at radius 1 is 0.600 bits per heavy atom. The number of carbonyl (C=O) groups is 1. The normalized spacial score (nSPS) is 1.60. The van der Waals surface area contributed by atoms with Crippen LogP contribution in [0.5, 0.6) is 0 Å². The van der Waals surface area contributed by atoms with Gasteiger partial charge in [0.2, 0.25) is 0 Å². The molecule has 80 valence electrons. The monoisotopic (exact) mass is 278 g/mol. The van der Waals surface area contributed by atoms with Crippen molar-refractivity contribution in [2.75, 3.05) is 0 Å². The Kier molecular flexibility index (Phi) is 1810. The van der Waals surface area contributed by atoms with E-state index in [2.05, 4.69) is 0 Å². The van der Waals surface area contributed by atoms with Gasteiger partial charge in [0.1, 0.15) is 0 Å². The number of carbonyl (C=O) groups excluding carboxylic acids is 1. The second-order valence-electron chi connectivity index (χ2n) is 0.250. The molecule has 0 aromatic rings. The van der Waals surface area contributed by atoms with E-state index in [1.165, 1.54) is 0 Å². The van der Waals surface area contributed by atoms with E-state index in [-0.39, 0.29) is 125 Å². The van der Waals surface area contributed by atoms with Gasteiger partial charge in [0.25, 0.3) is 0 Å². The van der Waals surface area contributed by atoms with E-state index >= 15 is 0 Å². The number of carboxylic acid groups (broad SMARTS) is 2. The van der Waals surface area contributed by atoms with Crippen LogP contribution in [0.3, 0.4) is 0 Å². The standard InChI is InChI=1S/CH2O3.Al.3Mg.7H2O/c2-1(3)4;;;;;;;;;;;/h(H2,2,3,4);;;;;7*1H2/q;+3;3*+2;;;;;;;/p-9. The van der Waals surface area contributed by atoms with E-state index < -0.39 is 6.16 Å². The Hall–Kier alpha value is 1.82. The van der Waals surface area contributed by atoms with Crippen LogP contribution in [0, 0.1) is 0 Å². The maximum absolute atomic E-state index is 8.33. The van der Waals surface area contributed by atoms with E-state index in [0.29, 0.717) is 0 Å². The van der Waals surface area contributed by atoms with Crippen molar-refractivity contribution < 1.29 is 53.3 Å². The van der Waals surface area contributed by atoms with Crippen molar-refractivity contribution >= 4 is 92.7 Å². The smallest absolute Gasteiger partial charge is 0.870 e. The van der Waals surface area contributed by atoms with Gasteiger partial charge in [-0.25, -0.2) is 0 Å². The minimum atomic E-state index is -2.33. The summed E-state index contributed by atoms with van der Waals surface area (Å²) in [4.78, 5) is 8.33. The molecular weight excluding hydrogens is 272 g/mol. The van der Waals surface area contributed by atoms with Gasteiger partial charge in [-0.2, -0.15) is 0 Å². The first kappa shape index (κ1) is 181. The van der Waals surface area contributed by atoms with E-state index in [9.17, 15) is 0 Å². The zero-order chi connectivity index (χ0) is 3.58. The fourth-order valence-corrected chi connectivity index (χ4v) is 0. The Balaban J connectivity index is -0.000000000818. The molecule has 0 fully saturated rings. The topological polar surface area (TPSA) is 273 Å². The fraction of sp³-hybridized carbons (Fsp3) is 0. The van der Waals surface area contributed by atoms with Crippen molar-refractivity contribution in [3.63, 3.8) is 0 Å². The molecule has 0 saturated carbocycles. The van der Waals surface area contributed by atoms with E-state index in [4.69, 9.17) is 15.0 Å². The summed E-state index contributed by atoms with van der Waals surface area (Å²) >= 11 is 0. The second kappa shape index (κ2) is 150. The van der Waals surface area contributed by atoms with Crippen LogP contribution in [-0.4, -0.2) is 131 Å². The van der Waals surface area contributed by atoms with E-state index in [1.807, 2.05) is 0 Å². The molecule has 0 radical (unpaired) electrons. The number of rotatable bonds is 0. The van der Waals surface area contributed by atoms with Crippen LogP contribution in [-0.2, 0) is 0 Å². The van der Waals surface area contributed by atoms with E-state index in [1.54, 1.807) is 0 Å². The fourth-order valence-electron chi connectivity index (χ4n) is 0. The number of hydrogen-bond donors (Lipinski definition) is 0. The SMILES string of the molecule is O=C([O-])[O-].[Al+3].[Mg+2].[Mg+2].[Mg+2].[OH-].[OH-].[OH-].[OH-].[OH-].[OH-].[OH-]. The van der Waals surface area contributed by atoms with Crippen molar-refractivity contribution in [3.05, 3.63) is 0 Å². The van der Waals surface area contributed by atoms with Crippen LogP contribution in [0.1, 0.15) is 0 Å². The molecule has 0 aromatic heterocycles. The molecule has 7 N–H and O–H groups in total. The molecule has 0 bridgehead atoms. The van der Waals surface area contributed by atoms with Crippen LogP contribution < -0.4 is 10.2 Å². The molecular formula is CH7AlMg3O10. The third-order valence-corrected chi connectivity index (χ3v) is 0. The van der Waals surface area contributed by atoms with Crippen LogP contribution >= 0.6 is 0 Å². The summed E-state index contributed by atoms with van der Waals surface area (Å²) in [5, 5.41) is 16.7. The quantitative estimate of drug-likeness (QED) is 0.379. The predicted molar refractivity (Wildman–Crippen MR) is 42.0 cm³/mol. The molecule has 0 aliphatic rings. The Bertz CT molecular complexity index is 43.6. The van der Waals surface area contributed by atoms with Crippen LogP contribution in [0.25, 0.3) is 0 Å². The predicted octanol–water partition coefficient (Wildman–Crippen LogP) is -5.21. The Labute approximate surface area is 145 Å². The van der Waals surface area contributed by atoms with Gasteiger partial charge in [0, 0.05) is 0 Å². The third kappa shape index (κ3) is 911. The van der Waals surface area contributed by atoms with Gasteiger partial charge in [-0.3, -0.25) is 0 Å². The summed E-state index contributed by atoms with van der Waals surface area (Å²) < 4.78 is 0. The zero-order valence-electron chi connectivity index (χ0n) is 7.55. The van der Waals surface area contributed by atoms with E-state index in [0.717, 1.165) is 0 Å². The summed E-state index contributed by atoms with van der Waals surface area (Å²) in [6, 6.07) is 0. The summed E-state index contributed by atoms with van der Waals surface area (Å²) in [5.41, 5.74) is 0. The molecule has 0 atom stereocenters. The maximum Gasteiger partial charge on any atom is 3.00 e. The first-order valence-electron chi connectivity index (χ1n) is 0.612. The molecule has 14 heteroatoms. The summed E-state index contributed by atoms with van der Waals surface area (Å²) in [6.07, 6.45) is -2.33. The molecule has 0 rings (SSSR count). The number of hydrogen-bond acceptors (Lipinski definition) is 10. The van der Waals surface area contributed by atoms with Crippen molar-refractivity contribution in [2.45, 2.75) is 0 Å². The molecule has 10 nitrogen and oxygen atoms in total. The van der Waals surface area contributed by atoms with Crippen molar-refractivity contribution in [1.29, 1.82) is 0 Å². The molecule has 15 heavy (non-hydrogen) atoms. The van der Waals surface area contributed by atoms with Gasteiger partial charge in [-0.15, -0.1) is 0 Å². The second-order valence-corrected chi connectivity index (χ2v) is 0.250. The molecule has 0 heterocycles. The van der Waals surface area contributed by atoms with Gasteiger partial charge < -0.3 is 53.3 Å². The molecule has 0 saturated heterocycles. The Morgan fingerprint density at radius 3 is 0.600 bits per heavy atom. The van der Waals surface area contributed by atoms with Crippen LogP contribution in [0.15, 0.2) is 0 Å². The molecule has 0 aliphatic carbocycles. The molecule has 0 unspecified atom stereocenters. The van der Waals surface area contributed by atoms with Gasteiger partial charge >= 0.3 is 86.5 Å². The average Bonchev–Trinajstić information content (AvgIpc) is 0.811. The van der Waals surface area contributed by atoms with Crippen molar-refractivity contribution in [1.82, 2.24) is 0 Å². The Morgan fingerprint density at radius 2 is 0.600 bits per heavy atom. The van der Waals surface area contributed by atoms with Crippen LogP contribution in [0.4, 0.5) is 4.79 Å². The maximum atomic E-state index is 8.33. The average molecular weight is 279 g/mol. The first-order chi connectivity index (χ1) is 1.73. The minimum absolute atomic E-state index is 0. The van der Waals surface area contributed by atoms with Gasteiger partial charge in [0.05, 0.1) is 0 Å². The van der Waals surface area contributed by atoms with Gasteiger partial charge in [0.15, 0.2) is 0 Å².